The van der Waals surface area contributed by atoms with E-state index in [0.717, 1.165) is 19.5 Å². The lowest BCUT2D eigenvalue weighted by Crippen LogP contribution is -2.18. The summed E-state index contributed by atoms with van der Waals surface area (Å²) in [5.41, 5.74) is 6.42. The van der Waals surface area contributed by atoms with Gasteiger partial charge in [-0.15, -0.1) is 0 Å². The lowest BCUT2D eigenvalue weighted by Gasteiger charge is -2.23. The summed E-state index contributed by atoms with van der Waals surface area (Å²) < 4.78 is 12.8. The van der Waals surface area contributed by atoms with Gasteiger partial charge in [-0.25, -0.2) is 4.39 Å². The summed E-state index contributed by atoms with van der Waals surface area (Å²) in [4.78, 5) is 6.59. The van der Waals surface area contributed by atoms with Gasteiger partial charge in [0.15, 0.2) is 0 Å². The predicted molar refractivity (Wildman–Crippen MR) is 105 cm³/mol. The fraction of sp³-hybridized carbons (Fsp3) is 0.522. The van der Waals surface area contributed by atoms with Crippen LogP contribution in [-0.4, -0.2) is 29.8 Å². The summed E-state index contributed by atoms with van der Waals surface area (Å²) in [6.45, 7) is 3.53. The Morgan fingerprint density at radius 3 is 2.46 bits per heavy atom. The van der Waals surface area contributed by atoms with Gasteiger partial charge in [0.05, 0.1) is 0 Å². The van der Waals surface area contributed by atoms with Crippen LogP contribution in [0.4, 0.5) is 4.39 Å². The van der Waals surface area contributed by atoms with Gasteiger partial charge >= 0.3 is 0 Å². The SMILES string of the molecule is Cc1ncc(-c2ccc(C3CCN(CF)C3)cc2)cc1C1CCCCC1. The third kappa shape index (κ3) is 3.68. The van der Waals surface area contributed by atoms with Crippen molar-refractivity contribution in [3.63, 3.8) is 0 Å². The first-order chi connectivity index (χ1) is 12.7. The van der Waals surface area contributed by atoms with E-state index in [1.165, 1.54) is 60.1 Å². The van der Waals surface area contributed by atoms with Gasteiger partial charge in [-0.05, 0) is 60.8 Å². The molecule has 0 spiro atoms. The van der Waals surface area contributed by atoms with Gasteiger partial charge in [0, 0.05) is 30.5 Å². The van der Waals surface area contributed by atoms with Crippen molar-refractivity contribution < 1.29 is 4.39 Å². The van der Waals surface area contributed by atoms with E-state index < -0.39 is 0 Å². The molecule has 1 saturated carbocycles. The molecule has 0 bridgehead atoms. The maximum Gasteiger partial charge on any atom is 0.143 e. The molecule has 1 aliphatic heterocycles. The Balaban J connectivity index is 1.54. The first-order valence-corrected chi connectivity index (χ1v) is 10.1. The third-order valence-electron chi connectivity index (χ3n) is 6.33. The molecule has 2 aromatic rings. The van der Waals surface area contributed by atoms with Crippen molar-refractivity contribution in [2.24, 2.45) is 0 Å². The van der Waals surface area contributed by atoms with E-state index in [9.17, 15) is 4.39 Å². The fourth-order valence-electron chi connectivity index (χ4n) is 4.70. The van der Waals surface area contributed by atoms with Gasteiger partial charge in [-0.3, -0.25) is 9.88 Å². The molecule has 0 radical (unpaired) electrons. The molecule has 1 aliphatic carbocycles. The zero-order chi connectivity index (χ0) is 17.9. The van der Waals surface area contributed by atoms with E-state index in [1.807, 2.05) is 11.1 Å². The number of alkyl halides is 1. The second kappa shape index (κ2) is 7.87. The topological polar surface area (TPSA) is 16.1 Å². The summed E-state index contributed by atoms with van der Waals surface area (Å²) in [6, 6.07) is 11.2. The second-order valence-corrected chi connectivity index (χ2v) is 8.04. The van der Waals surface area contributed by atoms with Gasteiger partial charge < -0.3 is 0 Å². The van der Waals surface area contributed by atoms with Crippen LogP contribution in [-0.2, 0) is 0 Å². The maximum absolute atomic E-state index is 12.8. The highest BCUT2D eigenvalue weighted by Crippen LogP contribution is 2.36. The van der Waals surface area contributed by atoms with Crippen LogP contribution in [0.3, 0.4) is 0 Å². The number of nitrogens with zero attached hydrogens (tertiary/aromatic N) is 2. The summed E-state index contributed by atoms with van der Waals surface area (Å²) >= 11 is 0. The number of rotatable bonds is 4. The normalized spacial score (nSPS) is 22.0. The standard InChI is InChI=1S/C23H29FN2/c1-17-23(20-5-3-2-4-6-20)13-22(14-25-17)19-9-7-18(8-10-19)21-11-12-26(15-21)16-24/h7-10,13-14,20-21H,2-6,11-12,15-16H2,1H3. The molecule has 1 unspecified atom stereocenters. The summed E-state index contributed by atoms with van der Waals surface area (Å²) in [7, 11) is 0. The highest BCUT2D eigenvalue weighted by molar-refractivity contribution is 5.64. The Labute approximate surface area is 156 Å². The van der Waals surface area contributed by atoms with E-state index in [4.69, 9.17) is 4.98 Å². The van der Waals surface area contributed by atoms with Crippen molar-refractivity contribution in [3.8, 4) is 11.1 Å². The van der Waals surface area contributed by atoms with E-state index >= 15 is 0 Å². The molecule has 138 valence electrons. The average Bonchev–Trinajstić information content (AvgIpc) is 3.18. The van der Waals surface area contributed by atoms with Crippen LogP contribution in [0.15, 0.2) is 36.5 Å². The van der Waals surface area contributed by atoms with Crippen LogP contribution in [0, 0.1) is 6.92 Å². The average molecular weight is 352 g/mol. The summed E-state index contributed by atoms with van der Waals surface area (Å²) in [5, 5.41) is 0. The lowest BCUT2D eigenvalue weighted by molar-refractivity contribution is 0.222. The van der Waals surface area contributed by atoms with Crippen LogP contribution in [0.5, 0.6) is 0 Å². The number of likely N-dealkylation sites (tertiary alicyclic amines) is 1. The predicted octanol–water partition coefficient (Wildman–Crippen LogP) is 5.82. The lowest BCUT2D eigenvalue weighted by atomic mass is 9.82. The van der Waals surface area contributed by atoms with Crippen molar-refractivity contribution in [2.75, 3.05) is 19.9 Å². The molecule has 1 saturated heterocycles. The first-order valence-electron chi connectivity index (χ1n) is 10.1. The van der Waals surface area contributed by atoms with Gasteiger partial charge in [-0.2, -0.15) is 0 Å². The Morgan fingerprint density at radius 2 is 1.77 bits per heavy atom. The molecule has 0 N–H and O–H groups in total. The zero-order valence-electron chi connectivity index (χ0n) is 15.8. The van der Waals surface area contributed by atoms with Crippen molar-refractivity contribution >= 4 is 0 Å². The molecule has 2 aliphatic rings. The minimum atomic E-state index is -0.326. The molecular weight excluding hydrogens is 323 g/mol. The molecule has 2 fully saturated rings. The van der Waals surface area contributed by atoms with Crippen molar-refractivity contribution in [2.45, 2.75) is 57.3 Å². The van der Waals surface area contributed by atoms with Gasteiger partial charge in [-0.1, -0.05) is 43.5 Å². The zero-order valence-corrected chi connectivity index (χ0v) is 15.8. The number of hydrogen-bond donors (Lipinski definition) is 0. The van der Waals surface area contributed by atoms with E-state index in [0.29, 0.717) is 11.8 Å². The van der Waals surface area contributed by atoms with Gasteiger partial charge in [0.1, 0.15) is 6.80 Å². The second-order valence-electron chi connectivity index (χ2n) is 8.04. The molecule has 1 aromatic heterocycles. The number of benzene rings is 1. The van der Waals surface area contributed by atoms with Crippen LogP contribution in [0.2, 0.25) is 0 Å². The summed E-state index contributed by atoms with van der Waals surface area (Å²) in [6.07, 6.45) is 9.75. The number of hydrogen-bond acceptors (Lipinski definition) is 2. The number of halogens is 1. The van der Waals surface area contributed by atoms with Gasteiger partial charge in [0.2, 0.25) is 0 Å². The smallest absolute Gasteiger partial charge is 0.143 e. The molecule has 0 amide bonds. The minimum Gasteiger partial charge on any atom is -0.276 e. The number of pyridine rings is 1. The Hall–Kier alpha value is -1.74. The molecule has 1 aromatic carbocycles. The highest BCUT2D eigenvalue weighted by atomic mass is 19.1. The molecule has 4 rings (SSSR count). The van der Waals surface area contributed by atoms with Crippen LogP contribution in [0.1, 0.15) is 67.2 Å². The maximum atomic E-state index is 12.8. The molecule has 1 atom stereocenters. The van der Waals surface area contributed by atoms with E-state index in [2.05, 4.69) is 37.3 Å². The fourth-order valence-corrected chi connectivity index (χ4v) is 4.70. The van der Waals surface area contributed by atoms with E-state index in [-0.39, 0.29) is 6.80 Å². The summed E-state index contributed by atoms with van der Waals surface area (Å²) in [5.74, 6) is 1.15. The monoisotopic (exact) mass is 352 g/mol. The number of aryl methyl sites for hydroxylation is 1. The highest BCUT2D eigenvalue weighted by Gasteiger charge is 2.23. The van der Waals surface area contributed by atoms with E-state index in [1.54, 1.807) is 0 Å². The Morgan fingerprint density at radius 1 is 1.00 bits per heavy atom. The minimum absolute atomic E-state index is 0.326. The number of aromatic nitrogens is 1. The van der Waals surface area contributed by atoms with Gasteiger partial charge in [0.25, 0.3) is 0 Å². The quantitative estimate of drug-likeness (QED) is 0.644. The molecule has 2 nitrogen and oxygen atoms in total. The van der Waals surface area contributed by atoms with Crippen LogP contribution in [0.25, 0.3) is 11.1 Å². The van der Waals surface area contributed by atoms with Crippen molar-refractivity contribution in [3.05, 3.63) is 53.3 Å². The van der Waals surface area contributed by atoms with Crippen molar-refractivity contribution in [1.82, 2.24) is 9.88 Å². The Kier molecular flexibility index (Phi) is 5.35. The molecule has 2 heterocycles. The third-order valence-corrected chi connectivity index (χ3v) is 6.33. The molecular formula is C23H29FN2. The largest absolute Gasteiger partial charge is 0.276 e. The molecule has 26 heavy (non-hydrogen) atoms. The van der Waals surface area contributed by atoms with Crippen LogP contribution < -0.4 is 0 Å². The first kappa shape index (κ1) is 17.7. The van der Waals surface area contributed by atoms with Crippen molar-refractivity contribution in [1.29, 1.82) is 0 Å². The molecule has 3 heteroatoms. The Bertz CT molecular complexity index is 734. The van der Waals surface area contributed by atoms with Crippen LogP contribution >= 0.6 is 0 Å².